The van der Waals surface area contributed by atoms with Crippen molar-refractivity contribution < 1.29 is 23.5 Å². The first kappa shape index (κ1) is 23.2. The van der Waals surface area contributed by atoms with Crippen molar-refractivity contribution in [2.45, 2.75) is 13.3 Å². The van der Waals surface area contributed by atoms with Gasteiger partial charge in [0, 0.05) is 6.54 Å². The first-order chi connectivity index (χ1) is 15.3. The Hall–Kier alpha value is -3.46. The Balaban J connectivity index is 1.87. The van der Waals surface area contributed by atoms with Gasteiger partial charge in [-0.2, -0.15) is 0 Å². The molecule has 9 heteroatoms. The number of aromatic nitrogens is 1. The number of primary amides is 1. The number of hydrogen-bond donors (Lipinski definition) is 1. The molecule has 3 aromatic rings. The third-order valence-corrected chi connectivity index (χ3v) is 5.80. The summed E-state index contributed by atoms with van der Waals surface area (Å²) in [4.78, 5) is 31.3. The summed E-state index contributed by atoms with van der Waals surface area (Å²) >= 11 is 1.29. The van der Waals surface area contributed by atoms with Crippen molar-refractivity contribution in [1.29, 1.82) is 0 Å². The second-order valence-corrected chi connectivity index (χ2v) is 8.26. The molecule has 0 atom stereocenters. The Morgan fingerprint density at radius 1 is 1.12 bits per heavy atom. The highest BCUT2D eigenvalue weighted by molar-refractivity contribution is 7.15. The molecule has 0 radical (unpaired) electrons. The number of rotatable bonds is 9. The van der Waals surface area contributed by atoms with Gasteiger partial charge < -0.3 is 20.1 Å². The fraction of sp³-hybridized carbons (Fsp3) is 0.261. The average molecular weight is 458 g/mol. The van der Waals surface area contributed by atoms with E-state index in [1.165, 1.54) is 28.4 Å². The molecule has 3 rings (SSSR count). The molecule has 0 spiro atoms. The number of benzene rings is 2. The predicted octanol–water partition coefficient (Wildman–Crippen LogP) is 3.45. The van der Waals surface area contributed by atoms with Crippen LogP contribution < -0.4 is 15.2 Å². The zero-order valence-electron chi connectivity index (χ0n) is 18.1. The Kier molecular flexibility index (Phi) is 7.42. The predicted molar refractivity (Wildman–Crippen MR) is 121 cm³/mol. The molecule has 1 heterocycles. The SMILES string of the molecule is COc1ccc(CCN(CC(N)=O)C(=O)c2nc(C)sc2-c2cccc(F)c2)cc1OC. The smallest absolute Gasteiger partial charge is 0.274 e. The van der Waals surface area contributed by atoms with E-state index in [1.54, 1.807) is 39.3 Å². The minimum atomic E-state index is -0.634. The number of halogens is 1. The number of nitrogens with two attached hydrogens (primary N) is 1. The zero-order chi connectivity index (χ0) is 23.3. The summed E-state index contributed by atoms with van der Waals surface area (Å²) in [6.45, 7) is 1.74. The second-order valence-electron chi connectivity index (χ2n) is 7.05. The van der Waals surface area contributed by atoms with E-state index < -0.39 is 17.6 Å². The maximum absolute atomic E-state index is 13.8. The lowest BCUT2D eigenvalue weighted by atomic mass is 10.1. The van der Waals surface area contributed by atoms with E-state index in [2.05, 4.69) is 4.98 Å². The highest BCUT2D eigenvalue weighted by Crippen LogP contribution is 2.32. The second kappa shape index (κ2) is 10.2. The molecule has 2 aromatic carbocycles. The topological polar surface area (TPSA) is 94.8 Å². The summed E-state index contributed by atoms with van der Waals surface area (Å²) in [5.74, 6) is -0.313. The van der Waals surface area contributed by atoms with Crippen LogP contribution >= 0.6 is 11.3 Å². The Morgan fingerprint density at radius 3 is 2.53 bits per heavy atom. The number of nitrogens with zero attached hydrogens (tertiary/aromatic N) is 2. The number of amides is 2. The van der Waals surface area contributed by atoms with Crippen molar-refractivity contribution in [2.24, 2.45) is 5.73 Å². The summed E-state index contributed by atoms with van der Waals surface area (Å²) in [6.07, 6.45) is 0.456. The highest BCUT2D eigenvalue weighted by atomic mass is 32.1. The van der Waals surface area contributed by atoms with E-state index in [0.29, 0.717) is 33.4 Å². The van der Waals surface area contributed by atoms with Crippen LogP contribution in [-0.2, 0) is 11.2 Å². The largest absolute Gasteiger partial charge is 0.493 e. The van der Waals surface area contributed by atoms with E-state index in [0.717, 1.165) is 5.56 Å². The Morgan fingerprint density at radius 2 is 1.88 bits per heavy atom. The minimum absolute atomic E-state index is 0.173. The number of hydrogen-bond acceptors (Lipinski definition) is 6. The van der Waals surface area contributed by atoms with Crippen LogP contribution in [0.2, 0.25) is 0 Å². The van der Waals surface area contributed by atoms with Gasteiger partial charge in [-0.15, -0.1) is 11.3 Å². The van der Waals surface area contributed by atoms with E-state index in [1.807, 2.05) is 12.1 Å². The maximum atomic E-state index is 13.8. The fourth-order valence-electron chi connectivity index (χ4n) is 3.29. The van der Waals surface area contributed by atoms with Crippen LogP contribution in [0.15, 0.2) is 42.5 Å². The normalized spacial score (nSPS) is 10.6. The monoisotopic (exact) mass is 457 g/mol. The van der Waals surface area contributed by atoms with Crippen LogP contribution in [0.5, 0.6) is 11.5 Å². The lowest BCUT2D eigenvalue weighted by Crippen LogP contribution is -2.40. The van der Waals surface area contributed by atoms with Gasteiger partial charge >= 0.3 is 0 Å². The van der Waals surface area contributed by atoms with Gasteiger partial charge in [-0.25, -0.2) is 9.37 Å². The molecule has 0 saturated heterocycles. The van der Waals surface area contributed by atoms with Crippen molar-refractivity contribution >= 4 is 23.2 Å². The average Bonchev–Trinajstić information content (AvgIpc) is 3.17. The number of carbonyl (C=O) groups is 2. The molecular weight excluding hydrogens is 433 g/mol. The van der Waals surface area contributed by atoms with Crippen LogP contribution in [-0.4, -0.2) is 49.0 Å². The van der Waals surface area contributed by atoms with E-state index in [4.69, 9.17) is 15.2 Å². The van der Waals surface area contributed by atoms with Crippen LogP contribution in [0.1, 0.15) is 21.1 Å². The molecule has 0 fully saturated rings. The van der Waals surface area contributed by atoms with E-state index in [-0.39, 0.29) is 18.8 Å². The minimum Gasteiger partial charge on any atom is -0.493 e. The fourth-order valence-corrected chi connectivity index (χ4v) is 4.19. The summed E-state index contributed by atoms with van der Waals surface area (Å²) in [5.41, 5.74) is 7.02. The number of ether oxygens (including phenoxy) is 2. The van der Waals surface area contributed by atoms with Crippen LogP contribution in [0.3, 0.4) is 0 Å². The Bertz CT molecular complexity index is 1130. The Labute approximate surface area is 189 Å². The molecular formula is C23H24FN3O4S. The van der Waals surface area contributed by atoms with Crippen molar-refractivity contribution in [3.8, 4) is 21.9 Å². The summed E-state index contributed by atoms with van der Waals surface area (Å²) in [6, 6.07) is 11.4. The molecule has 32 heavy (non-hydrogen) atoms. The van der Waals surface area contributed by atoms with Crippen molar-refractivity contribution in [2.75, 3.05) is 27.3 Å². The number of aryl methyl sites for hydroxylation is 1. The first-order valence-corrected chi connectivity index (χ1v) is 10.7. The molecule has 0 saturated carbocycles. The van der Waals surface area contributed by atoms with Crippen LogP contribution in [0, 0.1) is 12.7 Å². The number of methoxy groups -OCH3 is 2. The van der Waals surface area contributed by atoms with Crippen molar-refractivity contribution in [1.82, 2.24) is 9.88 Å². The van der Waals surface area contributed by atoms with Gasteiger partial charge in [-0.05, 0) is 48.7 Å². The summed E-state index contributed by atoms with van der Waals surface area (Å²) in [5, 5.41) is 0.659. The van der Waals surface area contributed by atoms with Gasteiger partial charge in [0.2, 0.25) is 5.91 Å². The number of carbonyl (C=O) groups excluding carboxylic acids is 2. The molecule has 0 bridgehead atoms. The third-order valence-electron chi connectivity index (χ3n) is 4.78. The zero-order valence-corrected chi connectivity index (χ0v) is 18.9. The molecule has 0 aliphatic rings. The van der Waals surface area contributed by atoms with E-state index >= 15 is 0 Å². The van der Waals surface area contributed by atoms with Gasteiger partial charge in [-0.3, -0.25) is 9.59 Å². The summed E-state index contributed by atoms with van der Waals surface area (Å²) < 4.78 is 24.3. The molecule has 2 N–H and O–H groups in total. The number of thiazole rings is 1. The van der Waals surface area contributed by atoms with Crippen molar-refractivity contribution in [3.05, 3.63) is 64.5 Å². The quantitative estimate of drug-likeness (QED) is 0.531. The lowest BCUT2D eigenvalue weighted by Gasteiger charge is -2.21. The summed E-state index contributed by atoms with van der Waals surface area (Å²) in [7, 11) is 3.10. The van der Waals surface area contributed by atoms with Crippen LogP contribution in [0.25, 0.3) is 10.4 Å². The maximum Gasteiger partial charge on any atom is 0.274 e. The molecule has 0 unspecified atom stereocenters. The molecule has 168 valence electrons. The standard InChI is InChI=1S/C23H24FN3O4S/c1-14-26-21(22(32-14)16-5-4-6-17(24)12-16)23(29)27(13-20(25)28)10-9-15-7-8-18(30-2)19(11-15)31-3/h4-8,11-12H,9-10,13H2,1-3H3,(H2,25,28). The van der Waals surface area contributed by atoms with E-state index in [9.17, 15) is 14.0 Å². The molecule has 1 aromatic heterocycles. The molecule has 0 aliphatic heterocycles. The molecule has 0 aliphatic carbocycles. The molecule has 2 amide bonds. The van der Waals surface area contributed by atoms with Gasteiger partial charge in [0.05, 0.1) is 30.6 Å². The first-order valence-electron chi connectivity index (χ1n) is 9.84. The van der Waals surface area contributed by atoms with Gasteiger partial charge in [0.25, 0.3) is 5.91 Å². The highest BCUT2D eigenvalue weighted by Gasteiger charge is 2.25. The third kappa shape index (κ3) is 5.42. The van der Waals surface area contributed by atoms with Crippen molar-refractivity contribution in [3.63, 3.8) is 0 Å². The van der Waals surface area contributed by atoms with Gasteiger partial charge in [-0.1, -0.05) is 18.2 Å². The van der Waals surface area contributed by atoms with Gasteiger partial charge in [0.15, 0.2) is 11.5 Å². The lowest BCUT2D eigenvalue weighted by molar-refractivity contribution is -0.118. The van der Waals surface area contributed by atoms with Gasteiger partial charge in [0.1, 0.15) is 11.5 Å². The van der Waals surface area contributed by atoms with Crippen LogP contribution in [0.4, 0.5) is 4.39 Å². The molecule has 7 nitrogen and oxygen atoms in total.